The van der Waals surface area contributed by atoms with Gasteiger partial charge in [-0.05, 0) is 80.8 Å². The van der Waals surface area contributed by atoms with Crippen molar-refractivity contribution in [3.05, 3.63) is 59.7 Å². The molecule has 2 aromatic rings. The molecule has 0 radical (unpaired) electrons. The number of benzene rings is 2. The van der Waals surface area contributed by atoms with E-state index in [1.807, 2.05) is 0 Å². The number of guanidine groups is 1. The maximum absolute atomic E-state index is 14.1. The second-order valence-corrected chi connectivity index (χ2v) is 23.5. The molecule has 15 atom stereocenters. The number of nitrogens with zero attached hydrogens (tertiary/aromatic N) is 1. The number of aliphatic hydroxyl groups is 4. The highest BCUT2D eigenvalue weighted by Crippen LogP contribution is 2.16. The Bertz CT molecular complexity index is 3130. The van der Waals surface area contributed by atoms with Crippen molar-refractivity contribution in [2.75, 3.05) is 32.8 Å². The lowest BCUT2D eigenvalue weighted by Gasteiger charge is -2.29. The van der Waals surface area contributed by atoms with Crippen LogP contribution >= 0.6 is 0 Å². The van der Waals surface area contributed by atoms with Crippen molar-refractivity contribution in [1.82, 2.24) is 63.8 Å². The average molecular weight is 1400 g/mol. The fourth-order valence-corrected chi connectivity index (χ4v) is 9.12. The van der Waals surface area contributed by atoms with Gasteiger partial charge in [-0.2, -0.15) is 0 Å². The molecular weight excluding hydrogens is 1310 g/mol. The van der Waals surface area contributed by atoms with Crippen LogP contribution in [0.15, 0.2) is 53.5 Å². The van der Waals surface area contributed by atoms with Crippen molar-refractivity contribution in [3.63, 3.8) is 0 Å². The summed E-state index contributed by atoms with van der Waals surface area (Å²) in [6.07, 6.45) is -4.36. The molecule has 0 spiro atoms. The number of aromatic hydroxyl groups is 2. The number of amides is 13. The number of carbonyl (C=O) groups is 14. The fraction of sp³-hybridized carbons (Fsp3) is 0.557. The largest absolute Gasteiger partial charge is 0.508 e. The molecule has 550 valence electrons. The summed E-state index contributed by atoms with van der Waals surface area (Å²) < 4.78 is 0. The van der Waals surface area contributed by atoms with Crippen LogP contribution < -0.4 is 86.7 Å². The van der Waals surface area contributed by atoms with E-state index in [1.54, 1.807) is 20.8 Å². The molecule has 0 heterocycles. The van der Waals surface area contributed by atoms with Crippen LogP contribution in [-0.4, -0.2) is 236 Å². The minimum absolute atomic E-state index is 0.00197. The number of nitrogens with one attached hydrogen (secondary N) is 12. The fourth-order valence-electron chi connectivity index (χ4n) is 9.12. The Morgan fingerprint density at radius 2 is 0.808 bits per heavy atom. The Hall–Kier alpha value is -10.3. The third-order valence-electron chi connectivity index (χ3n) is 15.2. The first-order valence-corrected chi connectivity index (χ1v) is 31.5. The Kier molecular flexibility index (Phi) is 36.3. The zero-order valence-corrected chi connectivity index (χ0v) is 55.9. The van der Waals surface area contributed by atoms with E-state index in [-0.39, 0.29) is 62.5 Å². The van der Waals surface area contributed by atoms with E-state index >= 15 is 0 Å². The van der Waals surface area contributed by atoms with Gasteiger partial charge in [-0.25, -0.2) is 0 Å². The van der Waals surface area contributed by atoms with Crippen LogP contribution in [0, 0.1) is 11.8 Å². The maximum atomic E-state index is 14.1. The SMILES string of the molecule is CC[C@H](C)[C@H](NC(=O)[C@H](CC(N)=O)NC(=O)[C@@H](NC(=O)[C@H](CCCN=C(N)N)NC(=O)[C@H](C)N)[C@@H](C)CC)C(=O)NCC(=O)N[C@@H](CO)C(=O)N[C@H](C(=O)N[C@@H](CO)C(=O)N[C@H](C(=O)N[C@@H](Cc1ccc(O)cc1)C(=O)N[C@@H](Cc1ccc(O)cc1)C(=O)NCC(=O)O)[C@@H](C)O)[C@@H](C)O. The highest BCUT2D eigenvalue weighted by atomic mass is 16.4. The van der Waals surface area contributed by atoms with Crippen molar-refractivity contribution in [2.45, 2.75) is 172 Å². The van der Waals surface area contributed by atoms with E-state index in [0.29, 0.717) is 11.1 Å². The minimum Gasteiger partial charge on any atom is -0.508 e. The Morgan fingerprint density at radius 3 is 1.23 bits per heavy atom. The van der Waals surface area contributed by atoms with Crippen LogP contribution in [-0.2, 0) is 80.0 Å². The number of hydrogen-bond acceptors (Lipinski definition) is 22. The number of carboxylic acids is 1. The molecule has 0 saturated heterocycles. The van der Waals surface area contributed by atoms with Crippen LogP contribution in [0.25, 0.3) is 0 Å². The lowest BCUT2D eigenvalue weighted by molar-refractivity contribution is -0.139. The van der Waals surface area contributed by atoms with Gasteiger partial charge >= 0.3 is 5.97 Å². The van der Waals surface area contributed by atoms with Gasteiger partial charge in [0.15, 0.2) is 5.96 Å². The van der Waals surface area contributed by atoms with Crippen LogP contribution in [0.2, 0.25) is 0 Å². The summed E-state index contributed by atoms with van der Waals surface area (Å²) in [4.78, 5) is 191. The van der Waals surface area contributed by atoms with Gasteiger partial charge in [-0.15, -0.1) is 0 Å². The van der Waals surface area contributed by atoms with Crippen LogP contribution in [0.1, 0.15) is 91.7 Å². The number of aliphatic hydroxyl groups excluding tert-OH is 4. The van der Waals surface area contributed by atoms with Crippen molar-refractivity contribution in [1.29, 1.82) is 0 Å². The van der Waals surface area contributed by atoms with Crippen LogP contribution in [0.5, 0.6) is 11.5 Å². The third-order valence-corrected chi connectivity index (χ3v) is 15.2. The van der Waals surface area contributed by atoms with Gasteiger partial charge in [0.25, 0.3) is 0 Å². The van der Waals surface area contributed by atoms with Gasteiger partial charge in [-0.3, -0.25) is 72.1 Å². The van der Waals surface area contributed by atoms with Crippen LogP contribution in [0.4, 0.5) is 0 Å². The monoisotopic (exact) mass is 1400 g/mol. The molecule has 0 aromatic heterocycles. The number of hydrogen-bond donors (Lipinski definition) is 23. The number of nitrogens with two attached hydrogens (primary N) is 4. The standard InChI is InChI=1S/C61H95N17O21/c1-8-28(3)46(75-54(93)40(23-43(63)85)73-58(97)47(29(4)9-2)76-52(91)37(70-50(89)30(5)62)11-10-20-66-61(64)65)57(96)67-24-44(86)69-41(26-79)55(94)77-49(32(7)82)60(99)74-42(27-80)56(95)78-48(31(6)81)59(98)72-39(22-34-14-18-36(84)19-15-34)53(92)71-38(51(90)68-25-45(87)88)21-33-12-16-35(83)17-13-33/h12-19,28-32,37-42,46-49,79-84H,8-11,20-27,62H2,1-7H3,(H2,63,85)(H,67,96)(H,68,90)(H,69,86)(H,70,89)(H,71,92)(H,72,98)(H,73,97)(H,74,99)(H,75,93)(H,76,91)(H,77,94)(H,78,95)(H,87,88)(H4,64,65,66)/t28-,29-,30-,31+,32+,37-,38-,39-,40-,41-,42-,46-,47-,48-,49-/m0/s1. The summed E-state index contributed by atoms with van der Waals surface area (Å²) >= 11 is 0. The second kappa shape index (κ2) is 42.4. The number of carboxylic acid groups (broad SMARTS) is 1. The topological polar surface area (TPSA) is 641 Å². The van der Waals surface area contributed by atoms with Crippen molar-refractivity contribution >= 4 is 88.7 Å². The van der Waals surface area contributed by atoms with Gasteiger partial charge in [0, 0.05) is 19.4 Å². The Morgan fingerprint density at radius 1 is 0.444 bits per heavy atom. The van der Waals surface area contributed by atoms with E-state index < -0.39 is 206 Å². The summed E-state index contributed by atoms with van der Waals surface area (Å²) in [5.41, 5.74) is 22.7. The first kappa shape index (κ1) is 84.8. The molecule has 38 heteroatoms. The smallest absolute Gasteiger partial charge is 0.322 e. The molecule has 2 aromatic carbocycles. The molecule has 99 heavy (non-hydrogen) atoms. The molecule has 0 saturated carbocycles. The quantitative estimate of drug-likeness (QED) is 0.0167. The van der Waals surface area contributed by atoms with Gasteiger partial charge in [0.2, 0.25) is 76.8 Å². The molecule has 27 N–H and O–H groups in total. The van der Waals surface area contributed by atoms with E-state index in [4.69, 9.17) is 22.9 Å². The van der Waals surface area contributed by atoms with E-state index in [2.05, 4.69) is 68.8 Å². The third kappa shape index (κ3) is 29.9. The van der Waals surface area contributed by atoms with Crippen molar-refractivity contribution in [3.8, 4) is 11.5 Å². The molecule has 0 aliphatic heterocycles. The number of aliphatic carboxylic acids is 1. The Labute approximate surface area is 569 Å². The summed E-state index contributed by atoms with van der Waals surface area (Å²) in [6.45, 7) is 5.79. The van der Waals surface area contributed by atoms with Gasteiger partial charge in [0.05, 0.1) is 44.4 Å². The minimum atomic E-state index is -2.03. The number of carbonyl (C=O) groups excluding carboxylic acids is 13. The van der Waals surface area contributed by atoms with E-state index in [9.17, 15) is 103 Å². The molecule has 0 aliphatic rings. The summed E-state index contributed by atoms with van der Waals surface area (Å²) in [7, 11) is 0. The first-order chi connectivity index (χ1) is 46.5. The van der Waals surface area contributed by atoms with Gasteiger partial charge in [-0.1, -0.05) is 64.8 Å². The van der Waals surface area contributed by atoms with Crippen molar-refractivity contribution in [2.24, 2.45) is 39.8 Å². The summed E-state index contributed by atoms with van der Waals surface area (Å²) in [6, 6.07) is -7.29. The molecule has 0 unspecified atom stereocenters. The predicted octanol–water partition coefficient (Wildman–Crippen LogP) is -8.84. The molecule has 0 aliphatic carbocycles. The lowest BCUT2D eigenvalue weighted by Crippen LogP contribution is -2.63. The predicted molar refractivity (Wildman–Crippen MR) is 350 cm³/mol. The number of phenols is 2. The highest BCUT2D eigenvalue weighted by Gasteiger charge is 2.39. The van der Waals surface area contributed by atoms with Crippen LogP contribution in [0.3, 0.4) is 0 Å². The Balaban J connectivity index is 2.26. The number of primary amides is 1. The molecular formula is C61H95N17O21. The van der Waals surface area contributed by atoms with Gasteiger partial charge in [0.1, 0.15) is 78.5 Å². The normalized spacial score (nSPS) is 15.6. The first-order valence-electron chi connectivity index (χ1n) is 31.5. The number of phenolic OH excluding ortho intramolecular Hbond substituents is 2. The van der Waals surface area contributed by atoms with E-state index in [0.717, 1.165) is 13.8 Å². The van der Waals surface area contributed by atoms with Crippen molar-refractivity contribution < 1.29 is 103 Å². The zero-order chi connectivity index (χ0) is 75.0. The average Bonchev–Trinajstić information content (AvgIpc) is 0.859. The number of aliphatic imine (C=N–C) groups is 1. The molecule has 2 rings (SSSR count). The zero-order valence-electron chi connectivity index (χ0n) is 55.9. The van der Waals surface area contributed by atoms with Gasteiger partial charge < -0.3 is 122 Å². The maximum Gasteiger partial charge on any atom is 0.322 e. The summed E-state index contributed by atoms with van der Waals surface area (Å²) in [5.74, 6) is -17.4. The lowest BCUT2D eigenvalue weighted by atomic mass is 9.96. The summed E-state index contributed by atoms with van der Waals surface area (Å²) in [5, 5.41) is 98.4. The molecule has 0 bridgehead atoms. The molecule has 0 fully saturated rings. The molecule has 13 amide bonds. The van der Waals surface area contributed by atoms with E-state index in [1.165, 1.54) is 62.4 Å². The highest BCUT2D eigenvalue weighted by molar-refractivity contribution is 6.00. The number of rotatable bonds is 43. The second-order valence-electron chi connectivity index (χ2n) is 23.5. The molecule has 38 nitrogen and oxygen atoms in total.